The summed E-state index contributed by atoms with van der Waals surface area (Å²) in [4.78, 5) is 16.2. The Morgan fingerprint density at radius 2 is 1.76 bits per heavy atom. The fraction of sp³-hybridized carbons (Fsp3) is 0.333. The van der Waals surface area contributed by atoms with Gasteiger partial charge in [-0.3, -0.25) is 9.79 Å². The van der Waals surface area contributed by atoms with Gasteiger partial charge in [0.05, 0.1) is 13.7 Å². The normalized spacial score (nSPS) is 12.1. The number of hydrogen-bond acceptors (Lipinski definition) is 4. The number of benzene rings is 2. The van der Waals surface area contributed by atoms with Crippen LogP contribution in [0, 0.1) is 5.82 Å². The summed E-state index contributed by atoms with van der Waals surface area (Å²) < 4.78 is 24.3. The van der Waals surface area contributed by atoms with Crippen LogP contribution in [0.4, 0.5) is 4.39 Å². The molecule has 0 saturated carbocycles. The van der Waals surface area contributed by atoms with Crippen molar-refractivity contribution < 1.29 is 18.7 Å². The Bertz CT molecular complexity index is 812. The van der Waals surface area contributed by atoms with Gasteiger partial charge in [0.2, 0.25) is 0 Å². The van der Waals surface area contributed by atoms with Crippen molar-refractivity contribution in [2.24, 2.45) is 4.99 Å². The van der Waals surface area contributed by atoms with Crippen LogP contribution in [0.15, 0.2) is 53.5 Å². The molecule has 0 spiro atoms. The van der Waals surface area contributed by atoms with Gasteiger partial charge in [-0.05, 0) is 43.3 Å². The van der Waals surface area contributed by atoms with Crippen molar-refractivity contribution in [3.05, 3.63) is 59.9 Å². The molecule has 7 nitrogen and oxygen atoms in total. The van der Waals surface area contributed by atoms with Crippen LogP contribution in [0.5, 0.6) is 11.5 Å². The maximum Gasteiger partial charge on any atom is 0.251 e. The van der Waals surface area contributed by atoms with Crippen molar-refractivity contribution in [2.45, 2.75) is 13.0 Å². The van der Waals surface area contributed by atoms with Crippen LogP contribution >= 0.6 is 0 Å². The highest BCUT2D eigenvalue weighted by Gasteiger charge is 2.09. The summed E-state index contributed by atoms with van der Waals surface area (Å²) in [6, 6.07) is 13.2. The van der Waals surface area contributed by atoms with Crippen LogP contribution in [0.1, 0.15) is 17.3 Å². The molecule has 0 aliphatic heterocycles. The number of hydrogen-bond donors (Lipinski definition) is 3. The zero-order valence-corrected chi connectivity index (χ0v) is 16.9. The summed E-state index contributed by atoms with van der Waals surface area (Å²) in [6.45, 7) is 3.19. The van der Waals surface area contributed by atoms with E-state index in [1.807, 2.05) is 6.92 Å². The average Bonchev–Trinajstić information content (AvgIpc) is 2.74. The first-order chi connectivity index (χ1) is 14.0. The van der Waals surface area contributed by atoms with Crippen molar-refractivity contribution in [2.75, 3.05) is 33.8 Å². The molecule has 0 heterocycles. The minimum absolute atomic E-state index is 0.163. The third-order valence-corrected chi connectivity index (χ3v) is 4.00. The van der Waals surface area contributed by atoms with E-state index in [2.05, 4.69) is 20.9 Å². The lowest BCUT2D eigenvalue weighted by Crippen LogP contribution is -2.44. The number of guanidine groups is 1. The lowest BCUT2D eigenvalue weighted by Gasteiger charge is -2.18. The summed E-state index contributed by atoms with van der Waals surface area (Å²) in [5.74, 6) is 0.920. The molecule has 2 aromatic carbocycles. The average molecular weight is 402 g/mol. The molecule has 156 valence electrons. The van der Waals surface area contributed by atoms with Gasteiger partial charge in [0, 0.05) is 25.7 Å². The first-order valence-corrected chi connectivity index (χ1v) is 9.31. The summed E-state index contributed by atoms with van der Waals surface area (Å²) in [6.07, 6.45) is -0.264. The van der Waals surface area contributed by atoms with Gasteiger partial charge in [-0.25, -0.2) is 4.39 Å². The van der Waals surface area contributed by atoms with Gasteiger partial charge in [-0.15, -0.1) is 0 Å². The van der Waals surface area contributed by atoms with Crippen molar-refractivity contribution in [3.63, 3.8) is 0 Å². The third-order valence-electron chi connectivity index (χ3n) is 4.00. The molecule has 0 saturated heterocycles. The molecule has 2 rings (SSSR count). The number of nitrogens with zero attached hydrogens (tertiary/aromatic N) is 1. The number of halogens is 1. The van der Waals surface area contributed by atoms with Gasteiger partial charge in [-0.1, -0.05) is 12.1 Å². The predicted molar refractivity (Wildman–Crippen MR) is 111 cm³/mol. The maximum absolute atomic E-state index is 13.6. The smallest absolute Gasteiger partial charge is 0.251 e. The number of nitrogens with one attached hydrogen (secondary N) is 3. The monoisotopic (exact) mass is 402 g/mol. The number of amides is 1. The molecule has 0 aliphatic rings. The van der Waals surface area contributed by atoms with E-state index >= 15 is 0 Å². The van der Waals surface area contributed by atoms with Gasteiger partial charge < -0.3 is 25.4 Å². The van der Waals surface area contributed by atoms with E-state index in [9.17, 15) is 9.18 Å². The molecule has 0 aromatic heterocycles. The number of methoxy groups -OCH3 is 1. The predicted octanol–water partition coefficient (Wildman–Crippen LogP) is 2.20. The van der Waals surface area contributed by atoms with E-state index in [1.54, 1.807) is 56.6 Å². The molecule has 0 fully saturated rings. The first-order valence-electron chi connectivity index (χ1n) is 9.31. The van der Waals surface area contributed by atoms with Gasteiger partial charge >= 0.3 is 0 Å². The van der Waals surface area contributed by atoms with Crippen molar-refractivity contribution in [1.82, 2.24) is 16.0 Å². The number of aliphatic imine (C=N–C) groups is 1. The number of rotatable bonds is 9. The Balaban J connectivity index is 1.68. The Morgan fingerprint density at radius 3 is 2.41 bits per heavy atom. The summed E-state index contributed by atoms with van der Waals surface area (Å²) >= 11 is 0. The molecule has 0 bridgehead atoms. The van der Waals surface area contributed by atoms with E-state index in [-0.39, 0.29) is 17.8 Å². The molecule has 0 aliphatic carbocycles. The quantitative estimate of drug-likeness (QED) is 0.340. The fourth-order valence-corrected chi connectivity index (χ4v) is 2.46. The zero-order valence-electron chi connectivity index (χ0n) is 16.9. The SMILES string of the molecule is CN=C(NCCNC(=O)c1ccc(OC)cc1)NCC(C)Oc1ccccc1F. The minimum atomic E-state index is -0.394. The Hall–Kier alpha value is -3.29. The molecule has 2 aromatic rings. The molecule has 29 heavy (non-hydrogen) atoms. The van der Waals surface area contributed by atoms with Gasteiger partial charge in [0.1, 0.15) is 11.9 Å². The highest BCUT2D eigenvalue weighted by atomic mass is 19.1. The molecule has 3 N–H and O–H groups in total. The van der Waals surface area contributed by atoms with Gasteiger partial charge in [0.25, 0.3) is 5.91 Å². The van der Waals surface area contributed by atoms with Gasteiger partial charge in [0.15, 0.2) is 17.5 Å². The van der Waals surface area contributed by atoms with Crippen LogP contribution in [0.2, 0.25) is 0 Å². The van der Waals surface area contributed by atoms with Crippen molar-refractivity contribution in [1.29, 1.82) is 0 Å². The highest BCUT2D eigenvalue weighted by molar-refractivity contribution is 5.94. The summed E-state index contributed by atoms with van der Waals surface area (Å²) in [7, 11) is 3.22. The summed E-state index contributed by atoms with van der Waals surface area (Å²) in [5, 5.41) is 9.03. The Labute approximate surface area is 170 Å². The summed E-state index contributed by atoms with van der Waals surface area (Å²) in [5.41, 5.74) is 0.562. The Kier molecular flexibility index (Phi) is 8.75. The van der Waals surface area contributed by atoms with Crippen LogP contribution in [-0.4, -0.2) is 51.8 Å². The molecule has 1 amide bonds. The second-order valence-corrected chi connectivity index (χ2v) is 6.22. The molecule has 1 atom stereocenters. The zero-order chi connectivity index (χ0) is 21.1. The molecule has 1 unspecified atom stereocenters. The van der Waals surface area contributed by atoms with E-state index in [1.165, 1.54) is 6.07 Å². The van der Waals surface area contributed by atoms with Crippen molar-refractivity contribution in [3.8, 4) is 11.5 Å². The standard InChI is InChI=1S/C21H27FN4O3/c1-15(29-19-7-5-4-6-18(19)22)14-26-21(23-2)25-13-12-24-20(27)16-8-10-17(28-3)11-9-16/h4-11,15H,12-14H2,1-3H3,(H,24,27)(H2,23,25,26). The molecular weight excluding hydrogens is 375 g/mol. The molecule has 0 radical (unpaired) electrons. The minimum Gasteiger partial charge on any atom is -0.497 e. The Morgan fingerprint density at radius 1 is 1.07 bits per heavy atom. The third kappa shape index (κ3) is 7.33. The van der Waals surface area contributed by atoms with Gasteiger partial charge in [-0.2, -0.15) is 0 Å². The second kappa shape index (κ2) is 11.5. The number of carbonyl (C=O) groups is 1. The lowest BCUT2D eigenvalue weighted by molar-refractivity contribution is 0.0954. The number of para-hydroxylation sites is 1. The second-order valence-electron chi connectivity index (χ2n) is 6.22. The van der Waals surface area contributed by atoms with E-state index in [4.69, 9.17) is 9.47 Å². The van der Waals surface area contributed by atoms with E-state index in [0.29, 0.717) is 36.9 Å². The van der Waals surface area contributed by atoms with Crippen molar-refractivity contribution >= 4 is 11.9 Å². The topological polar surface area (TPSA) is 84.0 Å². The van der Waals surface area contributed by atoms with Crippen LogP contribution in [0.3, 0.4) is 0 Å². The number of carbonyl (C=O) groups excluding carboxylic acids is 1. The van der Waals surface area contributed by atoms with Crippen LogP contribution in [-0.2, 0) is 0 Å². The number of ether oxygens (including phenoxy) is 2. The largest absolute Gasteiger partial charge is 0.497 e. The highest BCUT2D eigenvalue weighted by Crippen LogP contribution is 2.16. The van der Waals surface area contributed by atoms with E-state index < -0.39 is 5.82 Å². The lowest BCUT2D eigenvalue weighted by atomic mass is 10.2. The van der Waals surface area contributed by atoms with E-state index in [0.717, 1.165) is 0 Å². The first kappa shape index (κ1) is 22.0. The maximum atomic E-state index is 13.6. The molecule has 8 heteroatoms. The molecular formula is C21H27FN4O3. The fourth-order valence-electron chi connectivity index (χ4n) is 2.46. The van der Waals surface area contributed by atoms with Crippen LogP contribution < -0.4 is 25.4 Å². The van der Waals surface area contributed by atoms with Crippen LogP contribution in [0.25, 0.3) is 0 Å².